The van der Waals surface area contributed by atoms with Crippen molar-refractivity contribution in [3.63, 3.8) is 0 Å². The largest absolute Gasteiger partial charge is 0.461 e. The predicted molar refractivity (Wildman–Crippen MR) is 188 cm³/mol. The molecule has 1 unspecified atom stereocenters. The number of nitrogens with two attached hydrogens (primary N) is 1. The summed E-state index contributed by atoms with van der Waals surface area (Å²) in [7, 11) is 1.33. The maximum atomic E-state index is 13.5. The van der Waals surface area contributed by atoms with Crippen LogP contribution in [0.3, 0.4) is 0 Å². The van der Waals surface area contributed by atoms with Crippen LogP contribution < -0.4 is 11.1 Å². The van der Waals surface area contributed by atoms with E-state index in [0.29, 0.717) is 12.8 Å². The van der Waals surface area contributed by atoms with E-state index in [2.05, 4.69) is 5.32 Å². The van der Waals surface area contributed by atoms with Gasteiger partial charge >= 0.3 is 5.97 Å². The Morgan fingerprint density at radius 1 is 0.816 bits per heavy atom. The first-order valence-corrected chi connectivity index (χ1v) is 16.9. The number of primary amides is 1. The number of rotatable bonds is 19. The van der Waals surface area contributed by atoms with Gasteiger partial charge in [-0.15, -0.1) is 0 Å². The fourth-order valence-electron chi connectivity index (χ4n) is 5.74. The van der Waals surface area contributed by atoms with Gasteiger partial charge in [0.25, 0.3) is 5.91 Å². The zero-order chi connectivity index (χ0) is 36.1. The number of amides is 3. The van der Waals surface area contributed by atoms with Gasteiger partial charge in [-0.2, -0.15) is 0 Å². The maximum Gasteiger partial charge on any atom is 0.306 e. The molecule has 10 nitrogen and oxygen atoms in total. The highest BCUT2D eigenvalue weighted by atomic mass is 16.5. The molecular weight excluding hydrogens is 622 g/mol. The van der Waals surface area contributed by atoms with Gasteiger partial charge in [0, 0.05) is 25.3 Å². The lowest BCUT2D eigenvalue weighted by Crippen LogP contribution is -2.53. The Balaban J connectivity index is 1.63. The first-order valence-electron chi connectivity index (χ1n) is 16.9. The summed E-state index contributed by atoms with van der Waals surface area (Å²) in [4.78, 5) is 79.4. The van der Waals surface area contributed by atoms with Crippen molar-refractivity contribution in [2.24, 2.45) is 29.4 Å². The van der Waals surface area contributed by atoms with Crippen molar-refractivity contribution in [1.29, 1.82) is 0 Å². The smallest absolute Gasteiger partial charge is 0.306 e. The lowest BCUT2D eigenvalue weighted by Gasteiger charge is -2.27. The summed E-state index contributed by atoms with van der Waals surface area (Å²) in [5.41, 5.74) is 7.32. The molecule has 3 aromatic carbocycles. The van der Waals surface area contributed by atoms with Crippen LogP contribution in [0, 0.1) is 23.7 Å². The minimum Gasteiger partial charge on any atom is -0.461 e. The molecule has 4 atom stereocenters. The summed E-state index contributed by atoms with van der Waals surface area (Å²) < 4.78 is 5.40. The number of nitrogens with zero attached hydrogens (tertiary/aromatic N) is 1. The molecule has 0 aliphatic heterocycles. The number of fused-ring (bicyclic) bond motifs is 1. The summed E-state index contributed by atoms with van der Waals surface area (Å²) in [5, 5.41) is 4.79. The van der Waals surface area contributed by atoms with Crippen molar-refractivity contribution in [1.82, 2.24) is 10.2 Å². The van der Waals surface area contributed by atoms with E-state index < -0.39 is 65.6 Å². The summed E-state index contributed by atoms with van der Waals surface area (Å²) in [6.45, 7) is 7.10. The van der Waals surface area contributed by atoms with Gasteiger partial charge < -0.3 is 20.7 Å². The summed E-state index contributed by atoms with van der Waals surface area (Å²) in [6.07, 6.45) is 0.728. The first kappa shape index (κ1) is 38.6. The normalized spacial score (nSPS) is 13.6. The van der Waals surface area contributed by atoms with Crippen molar-refractivity contribution >= 4 is 46.0 Å². The van der Waals surface area contributed by atoms with Crippen molar-refractivity contribution < 1.29 is 33.5 Å². The second kappa shape index (κ2) is 18.6. The van der Waals surface area contributed by atoms with Crippen molar-refractivity contribution in [2.75, 3.05) is 13.6 Å². The highest BCUT2D eigenvalue weighted by molar-refractivity contribution is 6.38. The molecule has 262 valence electrons. The Hall–Kier alpha value is -4.86. The third-order valence-electron chi connectivity index (χ3n) is 8.72. The summed E-state index contributed by atoms with van der Waals surface area (Å²) in [5.74, 6) is -5.83. The number of hydrogen-bond donors (Lipinski definition) is 2. The van der Waals surface area contributed by atoms with Gasteiger partial charge in [0.05, 0.1) is 19.0 Å². The van der Waals surface area contributed by atoms with Gasteiger partial charge in [0.2, 0.25) is 17.6 Å². The molecule has 10 heteroatoms. The number of benzene rings is 3. The Labute approximate surface area is 288 Å². The van der Waals surface area contributed by atoms with Gasteiger partial charge in [-0.25, -0.2) is 0 Å². The maximum absolute atomic E-state index is 13.5. The number of nitrogens with one attached hydrogen (secondary N) is 1. The third kappa shape index (κ3) is 12.0. The molecule has 3 rings (SSSR count). The van der Waals surface area contributed by atoms with E-state index in [1.165, 1.54) is 7.05 Å². The molecule has 0 radical (unpaired) electrons. The monoisotopic (exact) mass is 671 g/mol. The van der Waals surface area contributed by atoms with E-state index in [9.17, 15) is 28.8 Å². The molecule has 3 N–H and O–H groups in total. The first-order chi connectivity index (χ1) is 23.3. The average Bonchev–Trinajstić information content (AvgIpc) is 3.08. The minimum atomic E-state index is -1.16. The molecule has 0 fully saturated rings. The number of hydrogen-bond acceptors (Lipinski definition) is 7. The fraction of sp³-hybridized carbons (Fsp3) is 0.436. The van der Waals surface area contributed by atoms with Crippen LogP contribution in [0.15, 0.2) is 72.8 Å². The summed E-state index contributed by atoms with van der Waals surface area (Å²) in [6, 6.07) is 21.6. The second-order valence-corrected chi connectivity index (χ2v) is 13.3. The van der Waals surface area contributed by atoms with Crippen molar-refractivity contribution in [2.45, 2.75) is 72.4 Å². The lowest BCUT2D eigenvalue weighted by atomic mass is 9.90. The second-order valence-electron chi connectivity index (χ2n) is 13.3. The molecule has 0 aliphatic rings. The Morgan fingerprint density at radius 3 is 2.10 bits per heavy atom. The lowest BCUT2D eigenvalue weighted by molar-refractivity contribution is -0.149. The molecule has 0 heterocycles. The highest BCUT2D eigenvalue weighted by Crippen LogP contribution is 2.21. The molecule has 0 aliphatic carbocycles. The number of Topliss-reactive ketones (excluding diaryl/α,β-unsaturated/α-hetero) is 2. The molecule has 0 saturated carbocycles. The van der Waals surface area contributed by atoms with Crippen LogP contribution >= 0.6 is 0 Å². The zero-order valence-corrected chi connectivity index (χ0v) is 29.1. The van der Waals surface area contributed by atoms with Gasteiger partial charge in [0.15, 0.2) is 5.78 Å². The van der Waals surface area contributed by atoms with Crippen LogP contribution in [0.1, 0.15) is 64.5 Å². The molecule has 49 heavy (non-hydrogen) atoms. The third-order valence-corrected chi connectivity index (χ3v) is 8.72. The van der Waals surface area contributed by atoms with E-state index in [0.717, 1.165) is 26.8 Å². The molecule has 0 bridgehead atoms. The minimum absolute atomic E-state index is 0.0691. The van der Waals surface area contributed by atoms with Crippen LogP contribution in [0.2, 0.25) is 0 Å². The number of esters is 1. The number of carbonyl (C=O) groups is 6. The van der Waals surface area contributed by atoms with Crippen LogP contribution in [-0.4, -0.2) is 59.8 Å². The van der Waals surface area contributed by atoms with Crippen molar-refractivity contribution in [3.05, 3.63) is 83.9 Å². The molecule has 3 amide bonds. The fourth-order valence-corrected chi connectivity index (χ4v) is 5.74. The van der Waals surface area contributed by atoms with E-state index in [4.69, 9.17) is 10.5 Å². The number of likely N-dealkylation sites (N-methyl/N-ethyl adjacent to an activating group) is 1. The van der Waals surface area contributed by atoms with Gasteiger partial charge in [-0.05, 0) is 46.6 Å². The standard InChI is InChI=1S/C39H49N3O7/c1-6-26(4)35(41-38(47)32(18-25(2)3)22-34(44)49-24-27-12-8-7-9-13-27)36(45)39(48)42(5)23-33(43)21-31(37(40)46)20-28-16-17-29-14-10-11-15-30(29)19-28/h7-17,19,25-26,31-32,35H,6,18,20-24H2,1-5H3,(H2,40,46)(H,41,47)/t26-,31+,32+,35?/m0/s1. The van der Waals surface area contributed by atoms with Crippen LogP contribution in [0.5, 0.6) is 0 Å². The highest BCUT2D eigenvalue weighted by Gasteiger charge is 2.35. The van der Waals surface area contributed by atoms with Crippen LogP contribution in [0.25, 0.3) is 10.8 Å². The van der Waals surface area contributed by atoms with Crippen molar-refractivity contribution in [3.8, 4) is 0 Å². The Morgan fingerprint density at radius 2 is 1.47 bits per heavy atom. The van der Waals surface area contributed by atoms with E-state index in [-0.39, 0.29) is 31.8 Å². The molecule has 0 saturated heterocycles. The van der Waals surface area contributed by atoms with Gasteiger partial charge in [-0.3, -0.25) is 28.8 Å². The number of ketones is 2. The van der Waals surface area contributed by atoms with E-state index in [1.54, 1.807) is 6.92 Å². The van der Waals surface area contributed by atoms with Gasteiger partial charge in [0.1, 0.15) is 6.61 Å². The predicted octanol–water partition coefficient (Wildman–Crippen LogP) is 4.80. The SMILES string of the molecule is CC[C@H](C)C(NC(=O)[C@@H](CC(=O)OCc1ccccc1)CC(C)C)C(=O)C(=O)N(C)CC(=O)C[C@@H](Cc1ccc2ccccc2c1)C(N)=O. The zero-order valence-electron chi connectivity index (χ0n) is 29.1. The van der Waals surface area contributed by atoms with Crippen LogP contribution in [-0.2, 0) is 46.5 Å². The molecular formula is C39H49N3O7. The topological polar surface area (TPSA) is 153 Å². The molecule has 0 aromatic heterocycles. The molecule has 0 spiro atoms. The Kier molecular flexibility index (Phi) is 14.7. The number of ether oxygens (including phenoxy) is 1. The Bertz CT molecular complexity index is 1620. The van der Waals surface area contributed by atoms with E-state index in [1.807, 2.05) is 93.6 Å². The van der Waals surface area contributed by atoms with Gasteiger partial charge in [-0.1, -0.05) is 107 Å². The average molecular weight is 672 g/mol. The quantitative estimate of drug-likeness (QED) is 0.137. The summed E-state index contributed by atoms with van der Waals surface area (Å²) >= 11 is 0. The molecule has 3 aromatic rings. The number of carbonyl (C=O) groups excluding carboxylic acids is 6. The van der Waals surface area contributed by atoms with Crippen LogP contribution in [0.4, 0.5) is 0 Å². The van der Waals surface area contributed by atoms with E-state index >= 15 is 0 Å².